The molecule has 0 aliphatic rings. The van der Waals surface area contributed by atoms with E-state index in [4.69, 9.17) is 5.73 Å². The van der Waals surface area contributed by atoms with Gasteiger partial charge in [0.05, 0.1) is 12.6 Å². The zero-order valence-corrected chi connectivity index (χ0v) is 13.9. The zero-order valence-electron chi connectivity index (χ0n) is 12.3. The Morgan fingerprint density at radius 2 is 1.90 bits per heavy atom. The van der Waals surface area contributed by atoms with Gasteiger partial charge in [-0.15, -0.1) is 24.8 Å². The lowest BCUT2D eigenvalue weighted by molar-refractivity contribution is -0.125. The average Bonchev–Trinajstić information content (AvgIpc) is 2.37. The molecule has 8 heteroatoms. The summed E-state index contributed by atoms with van der Waals surface area (Å²) in [7, 11) is 0. The van der Waals surface area contributed by atoms with Crippen LogP contribution in [0.5, 0.6) is 0 Å². The van der Waals surface area contributed by atoms with Gasteiger partial charge in [0.2, 0.25) is 11.8 Å². The van der Waals surface area contributed by atoms with Crippen molar-refractivity contribution in [2.24, 2.45) is 11.7 Å². The molecule has 0 spiro atoms. The maximum absolute atomic E-state index is 11.6. The summed E-state index contributed by atoms with van der Waals surface area (Å²) >= 11 is 0. The monoisotopic (exact) mass is 336 g/mol. The first-order valence-electron chi connectivity index (χ1n) is 6.16. The van der Waals surface area contributed by atoms with Crippen LogP contribution in [-0.4, -0.2) is 29.4 Å². The maximum Gasteiger partial charge on any atom is 0.244 e. The van der Waals surface area contributed by atoms with E-state index >= 15 is 0 Å². The molecule has 0 bridgehead atoms. The molecule has 0 saturated heterocycles. The molecule has 0 radical (unpaired) electrons. The van der Waals surface area contributed by atoms with E-state index in [0.717, 1.165) is 5.56 Å². The number of aromatic nitrogens is 1. The van der Waals surface area contributed by atoms with Crippen molar-refractivity contribution in [2.75, 3.05) is 11.9 Å². The van der Waals surface area contributed by atoms with E-state index in [1.807, 2.05) is 26.8 Å². The summed E-state index contributed by atoms with van der Waals surface area (Å²) in [6.07, 6.45) is 1.66. The highest BCUT2D eigenvalue weighted by molar-refractivity contribution is 5.94. The number of hydrogen-bond acceptors (Lipinski definition) is 4. The average molecular weight is 337 g/mol. The molecular formula is C13H22Cl2N4O2. The van der Waals surface area contributed by atoms with Crippen LogP contribution in [0.2, 0.25) is 0 Å². The first kappa shape index (κ1) is 21.9. The van der Waals surface area contributed by atoms with Crippen molar-refractivity contribution in [3.8, 4) is 0 Å². The fourth-order valence-electron chi connectivity index (χ4n) is 1.32. The number of hydrogen-bond donors (Lipinski definition) is 3. The van der Waals surface area contributed by atoms with E-state index in [-0.39, 0.29) is 49.1 Å². The van der Waals surface area contributed by atoms with Crippen LogP contribution in [0.4, 0.5) is 5.82 Å². The smallest absolute Gasteiger partial charge is 0.244 e. The molecule has 21 heavy (non-hydrogen) atoms. The predicted octanol–water partition coefficient (Wildman–Crippen LogP) is 1.27. The van der Waals surface area contributed by atoms with Gasteiger partial charge >= 0.3 is 0 Å². The molecule has 6 nitrogen and oxygen atoms in total. The number of anilines is 1. The summed E-state index contributed by atoms with van der Waals surface area (Å²) in [4.78, 5) is 27.2. The Morgan fingerprint density at radius 3 is 2.38 bits per heavy atom. The number of nitrogens with two attached hydrogens (primary N) is 1. The minimum atomic E-state index is -0.606. The van der Waals surface area contributed by atoms with Crippen molar-refractivity contribution < 1.29 is 9.59 Å². The van der Waals surface area contributed by atoms with Gasteiger partial charge < -0.3 is 16.4 Å². The molecule has 2 amide bonds. The Hall–Kier alpha value is -1.37. The van der Waals surface area contributed by atoms with Crippen molar-refractivity contribution >= 4 is 42.4 Å². The standard InChI is InChI=1S/C13H20N4O2.2ClH/c1-8(2)12(14)13(19)16-7-11(18)17-10-5-4-9(3)6-15-10;;/h4-6,8,12H,7,14H2,1-3H3,(H,16,19)(H,15,17,18);2*1H/t12-;;/m0../s1. The molecule has 1 atom stereocenters. The first-order valence-corrected chi connectivity index (χ1v) is 6.16. The lowest BCUT2D eigenvalue weighted by Crippen LogP contribution is -2.46. The van der Waals surface area contributed by atoms with Gasteiger partial charge in [0.15, 0.2) is 0 Å². The highest BCUT2D eigenvalue weighted by Crippen LogP contribution is 2.03. The number of pyridine rings is 1. The third-order valence-electron chi connectivity index (χ3n) is 2.62. The number of nitrogens with zero attached hydrogens (tertiary/aromatic N) is 1. The Bertz CT molecular complexity index is 452. The highest BCUT2D eigenvalue weighted by atomic mass is 35.5. The molecule has 0 aromatic carbocycles. The topological polar surface area (TPSA) is 97.1 Å². The zero-order chi connectivity index (χ0) is 14.4. The van der Waals surface area contributed by atoms with Gasteiger partial charge in [0.25, 0.3) is 0 Å². The Balaban J connectivity index is 0. The van der Waals surface area contributed by atoms with Gasteiger partial charge in [-0.2, -0.15) is 0 Å². The summed E-state index contributed by atoms with van der Waals surface area (Å²) in [6.45, 7) is 5.49. The minimum Gasteiger partial charge on any atom is -0.346 e. The number of aryl methyl sites for hydroxylation is 1. The number of carbonyl (C=O) groups excluding carboxylic acids is 2. The minimum absolute atomic E-state index is 0. The Labute approximate surface area is 137 Å². The summed E-state index contributed by atoms with van der Waals surface area (Å²) in [5.41, 5.74) is 6.67. The Kier molecular flexibility index (Phi) is 10.8. The van der Waals surface area contributed by atoms with Crippen LogP contribution in [0.1, 0.15) is 19.4 Å². The van der Waals surface area contributed by atoms with E-state index < -0.39 is 6.04 Å². The molecule has 1 rings (SSSR count). The maximum atomic E-state index is 11.6. The fraction of sp³-hybridized carbons (Fsp3) is 0.462. The van der Waals surface area contributed by atoms with Crippen LogP contribution < -0.4 is 16.4 Å². The van der Waals surface area contributed by atoms with Gasteiger partial charge in [-0.05, 0) is 24.5 Å². The lowest BCUT2D eigenvalue weighted by Gasteiger charge is -2.15. The molecule has 4 N–H and O–H groups in total. The summed E-state index contributed by atoms with van der Waals surface area (Å²) in [5.74, 6) is -0.178. The summed E-state index contributed by atoms with van der Waals surface area (Å²) < 4.78 is 0. The number of nitrogens with one attached hydrogen (secondary N) is 2. The molecule has 0 fully saturated rings. The Morgan fingerprint density at radius 1 is 1.29 bits per heavy atom. The molecule has 1 aromatic heterocycles. The van der Waals surface area contributed by atoms with Crippen LogP contribution in [0.3, 0.4) is 0 Å². The van der Waals surface area contributed by atoms with Crippen LogP contribution in [0, 0.1) is 12.8 Å². The SMILES string of the molecule is Cc1ccc(NC(=O)CNC(=O)[C@@H](N)C(C)C)nc1.Cl.Cl. The molecule has 0 unspecified atom stereocenters. The lowest BCUT2D eigenvalue weighted by atomic mass is 10.1. The van der Waals surface area contributed by atoms with Crippen LogP contribution in [0.25, 0.3) is 0 Å². The normalized spacial score (nSPS) is 10.9. The van der Waals surface area contributed by atoms with Gasteiger partial charge in [-0.3, -0.25) is 9.59 Å². The van der Waals surface area contributed by atoms with Gasteiger partial charge in [0, 0.05) is 6.20 Å². The number of amides is 2. The van der Waals surface area contributed by atoms with E-state index in [1.54, 1.807) is 12.3 Å². The van der Waals surface area contributed by atoms with Crippen molar-refractivity contribution in [1.82, 2.24) is 10.3 Å². The predicted molar refractivity (Wildman–Crippen MR) is 87.9 cm³/mol. The quantitative estimate of drug-likeness (QED) is 0.754. The van der Waals surface area contributed by atoms with Gasteiger partial charge in [-0.25, -0.2) is 4.98 Å². The van der Waals surface area contributed by atoms with E-state index in [0.29, 0.717) is 5.82 Å². The van der Waals surface area contributed by atoms with Crippen LogP contribution >= 0.6 is 24.8 Å². The van der Waals surface area contributed by atoms with E-state index in [9.17, 15) is 9.59 Å². The molecule has 120 valence electrons. The largest absolute Gasteiger partial charge is 0.346 e. The molecule has 1 heterocycles. The van der Waals surface area contributed by atoms with Gasteiger partial charge in [-0.1, -0.05) is 19.9 Å². The number of halogens is 2. The molecule has 1 aromatic rings. The third-order valence-corrected chi connectivity index (χ3v) is 2.62. The van der Waals surface area contributed by atoms with Crippen LogP contribution in [-0.2, 0) is 9.59 Å². The fourth-order valence-corrected chi connectivity index (χ4v) is 1.32. The molecule has 0 aliphatic carbocycles. The molecule has 0 saturated carbocycles. The van der Waals surface area contributed by atoms with Gasteiger partial charge in [0.1, 0.15) is 5.82 Å². The van der Waals surface area contributed by atoms with E-state index in [1.165, 1.54) is 0 Å². The summed E-state index contributed by atoms with van der Waals surface area (Å²) in [6, 6.07) is 2.94. The second kappa shape index (κ2) is 10.4. The molecular weight excluding hydrogens is 315 g/mol. The molecule has 0 aliphatic heterocycles. The number of carbonyl (C=O) groups is 2. The highest BCUT2D eigenvalue weighted by Gasteiger charge is 2.17. The second-order valence-electron chi connectivity index (χ2n) is 4.76. The first-order chi connectivity index (χ1) is 8.90. The van der Waals surface area contributed by atoms with Crippen molar-refractivity contribution in [1.29, 1.82) is 0 Å². The van der Waals surface area contributed by atoms with Crippen molar-refractivity contribution in [3.05, 3.63) is 23.9 Å². The van der Waals surface area contributed by atoms with Crippen molar-refractivity contribution in [2.45, 2.75) is 26.8 Å². The third kappa shape index (κ3) is 7.84. The van der Waals surface area contributed by atoms with E-state index in [2.05, 4.69) is 15.6 Å². The van der Waals surface area contributed by atoms with Crippen molar-refractivity contribution in [3.63, 3.8) is 0 Å². The summed E-state index contributed by atoms with van der Waals surface area (Å²) in [5, 5.41) is 5.08. The second-order valence-corrected chi connectivity index (χ2v) is 4.76. The number of rotatable bonds is 5. The van der Waals surface area contributed by atoms with Crippen LogP contribution in [0.15, 0.2) is 18.3 Å².